The van der Waals surface area contributed by atoms with Crippen LogP contribution in [0.5, 0.6) is 5.75 Å². The standard InChI is InChI=1S/C24H19IN2O/c1-28-20-13-6-17(7-14-20)24-22-15-8-16-4-2-3-5-21(16)23(22)26-27(24)19-11-9-18(25)10-12-19/h2-7,9-14H,8,15H2,1H3. The van der Waals surface area contributed by atoms with E-state index < -0.39 is 0 Å². The predicted molar refractivity (Wildman–Crippen MR) is 121 cm³/mol. The van der Waals surface area contributed by atoms with Gasteiger partial charge in [0.05, 0.1) is 24.2 Å². The lowest BCUT2D eigenvalue weighted by molar-refractivity contribution is 0.415. The lowest BCUT2D eigenvalue weighted by atomic mass is 9.88. The average molecular weight is 478 g/mol. The minimum absolute atomic E-state index is 0.864. The molecule has 0 unspecified atom stereocenters. The highest BCUT2D eigenvalue weighted by molar-refractivity contribution is 14.1. The number of rotatable bonds is 3. The fourth-order valence-corrected chi connectivity index (χ4v) is 4.31. The van der Waals surface area contributed by atoms with E-state index in [2.05, 4.69) is 87.9 Å². The molecule has 0 saturated carbocycles. The lowest BCUT2D eigenvalue weighted by Crippen LogP contribution is -2.03. The minimum atomic E-state index is 0.864. The first-order valence-electron chi connectivity index (χ1n) is 9.35. The Labute approximate surface area is 178 Å². The van der Waals surface area contributed by atoms with E-state index in [1.807, 2.05) is 12.1 Å². The van der Waals surface area contributed by atoms with Gasteiger partial charge in [-0.15, -0.1) is 0 Å². The Balaban J connectivity index is 1.76. The van der Waals surface area contributed by atoms with Crippen molar-refractivity contribution in [1.29, 1.82) is 0 Å². The van der Waals surface area contributed by atoms with Gasteiger partial charge in [-0.2, -0.15) is 5.10 Å². The topological polar surface area (TPSA) is 27.1 Å². The Bertz CT molecular complexity index is 1140. The van der Waals surface area contributed by atoms with Crippen LogP contribution in [0.25, 0.3) is 28.2 Å². The largest absolute Gasteiger partial charge is 0.497 e. The molecule has 138 valence electrons. The second kappa shape index (κ2) is 7.09. The number of hydrogen-bond acceptors (Lipinski definition) is 2. The number of nitrogens with zero attached hydrogens (tertiary/aromatic N) is 2. The summed E-state index contributed by atoms with van der Waals surface area (Å²) in [6, 6.07) is 25.4. The minimum Gasteiger partial charge on any atom is -0.497 e. The second-order valence-electron chi connectivity index (χ2n) is 6.95. The van der Waals surface area contributed by atoms with Gasteiger partial charge in [0, 0.05) is 20.3 Å². The smallest absolute Gasteiger partial charge is 0.118 e. The van der Waals surface area contributed by atoms with Crippen LogP contribution in [0.15, 0.2) is 72.8 Å². The normalized spacial score (nSPS) is 12.4. The SMILES string of the molecule is COc1ccc(-c2c3c(nn2-c2ccc(I)cc2)-c2ccccc2CC3)cc1. The van der Waals surface area contributed by atoms with Crippen molar-refractivity contribution in [3.63, 3.8) is 0 Å². The Kier molecular flexibility index (Phi) is 4.43. The molecule has 0 atom stereocenters. The maximum absolute atomic E-state index is 5.35. The maximum Gasteiger partial charge on any atom is 0.118 e. The van der Waals surface area contributed by atoms with E-state index in [0.29, 0.717) is 0 Å². The van der Waals surface area contributed by atoms with Gasteiger partial charge in [0.25, 0.3) is 0 Å². The molecule has 1 heterocycles. The molecule has 1 aromatic heterocycles. The Morgan fingerprint density at radius 3 is 2.39 bits per heavy atom. The molecule has 0 amide bonds. The summed E-state index contributed by atoms with van der Waals surface area (Å²) in [5.41, 5.74) is 8.47. The van der Waals surface area contributed by atoms with Gasteiger partial charge in [-0.05, 0) is 89.5 Å². The summed E-state index contributed by atoms with van der Waals surface area (Å²) in [6.07, 6.45) is 2.04. The lowest BCUT2D eigenvalue weighted by Gasteiger charge is -2.16. The number of methoxy groups -OCH3 is 1. The molecule has 0 fully saturated rings. The number of fused-ring (bicyclic) bond motifs is 3. The molecule has 4 aromatic rings. The predicted octanol–water partition coefficient (Wildman–Crippen LogP) is 5.92. The highest BCUT2D eigenvalue weighted by Gasteiger charge is 2.26. The zero-order valence-electron chi connectivity index (χ0n) is 15.5. The second-order valence-corrected chi connectivity index (χ2v) is 8.20. The molecule has 4 heteroatoms. The molecule has 5 rings (SSSR count). The highest BCUT2D eigenvalue weighted by Crippen LogP contribution is 2.40. The number of benzene rings is 3. The van der Waals surface area contributed by atoms with Gasteiger partial charge in [-0.25, -0.2) is 4.68 Å². The quantitative estimate of drug-likeness (QED) is 0.342. The first-order valence-corrected chi connectivity index (χ1v) is 10.4. The number of ether oxygens (including phenoxy) is 1. The van der Waals surface area contributed by atoms with Crippen LogP contribution in [0.2, 0.25) is 0 Å². The molecule has 1 aliphatic rings. The average Bonchev–Trinajstić information content (AvgIpc) is 3.14. The summed E-state index contributed by atoms with van der Waals surface area (Å²) in [5, 5.41) is 5.09. The highest BCUT2D eigenvalue weighted by atomic mass is 127. The Morgan fingerprint density at radius 1 is 0.893 bits per heavy atom. The van der Waals surface area contributed by atoms with Gasteiger partial charge in [0.15, 0.2) is 0 Å². The molecule has 0 spiro atoms. The van der Waals surface area contributed by atoms with Crippen LogP contribution in [0.4, 0.5) is 0 Å². The van der Waals surface area contributed by atoms with Crippen LogP contribution in [-0.4, -0.2) is 16.9 Å². The van der Waals surface area contributed by atoms with Gasteiger partial charge >= 0.3 is 0 Å². The molecule has 0 bridgehead atoms. The number of hydrogen-bond donors (Lipinski definition) is 0. The fourth-order valence-electron chi connectivity index (χ4n) is 3.95. The third-order valence-corrected chi connectivity index (χ3v) is 6.05. The number of aromatic nitrogens is 2. The maximum atomic E-state index is 5.35. The third kappa shape index (κ3) is 2.92. The van der Waals surface area contributed by atoms with E-state index in [1.54, 1.807) is 7.11 Å². The van der Waals surface area contributed by atoms with Gasteiger partial charge in [-0.3, -0.25) is 0 Å². The number of halogens is 1. The molecule has 1 aliphatic carbocycles. The van der Waals surface area contributed by atoms with Crippen molar-refractivity contribution >= 4 is 22.6 Å². The van der Waals surface area contributed by atoms with E-state index in [-0.39, 0.29) is 0 Å². The van der Waals surface area contributed by atoms with Crippen LogP contribution >= 0.6 is 22.6 Å². The summed E-state index contributed by atoms with van der Waals surface area (Å²) < 4.78 is 8.67. The summed E-state index contributed by atoms with van der Waals surface area (Å²) >= 11 is 2.34. The fraction of sp³-hybridized carbons (Fsp3) is 0.125. The summed E-state index contributed by atoms with van der Waals surface area (Å²) in [7, 11) is 1.70. The Morgan fingerprint density at radius 2 is 1.64 bits per heavy atom. The Hall–Kier alpha value is -2.60. The van der Waals surface area contributed by atoms with Crippen molar-refractivity contribution in [3.8, 4) is 34.0 Å². The van der Waals surface area contributed by atoms with E-state index in [9.17, 15) is 0 Å². The first-order chi connectivity index (χ1) is 13.7. The van der Waals surface area contributed by atoms with E-state index in [0.717, 1.165) is 35.5 Å². The van der Waals surface area contributed by atoms with Crippen molar-refractivity contribution in [1.82, 2.24) is 9.78 Å². The molecule has 28 heavy (non-hydrogen) atoms. The van der Waals surface area contributed by atoms with Crippen molar-refractivity contribution in [2.24, 2.45) is 0 Å². The van der Waals surface area contributed by atoms with Gasteiger partial charge in [-0.1, -0.05) is 24.3 Å². The van der Waals surface area contributed by atoms with E-state index in [1.165, 1.54) is 26.0 Å². The van der Waals surface area contributed by atoms with Gasteiger partial charge in [0.1, 0.15) is 5.75 Å². The van der Waals surface area contributed by atoms with Gasteiger partial charge in [0.2, 0.25) is 0 Å². The third-order valence-electron chi connectivity index (χ3n) is 5.33. The molecular weight excluding hydrogens is 459 g/mol. The van der Waals surface area contributed by atoms with E-state index >= 15 is 0 Å². The van der Waals surface area contributed by atoms with Crippen molar-refractivity contribution < 1.29 is 4.74 Å². The van der Waals surface area contributed by atoms with Crippen LogP contribution in [0.1, 0.15) is 11.1 Å². The van der Waals surface area contributed by atoms with Crippen molar-refractivity contribution in [3.05, 3.63) is 87.5 Å². The van der Waals surface area contributed by atoms with Gasteiger partial charge < -0.3 is 4.74 Å². The molecule has 0 N–H and O–H groups in total. The molecule has 0 radical (unpaired) electrons. The molecule has 3 aromatic carbocycles. The summed E-state index contributed by atoms with van der Waals surface area (Å²) in [6.45, 7) is 0. The van der Waals surface area contributed by atoms with E-state index in [4.69, 9.17) is 9.84 Å². The molecule has 0 aliphatic heterocycles. The first kappa shape index (κ1) is 17.5. The van der Waals surface area contributed by atoms with Crippen LogP contribution < -0.4 is 4.74 Å². The summed E-state index contributed by atoms with van der Waals surface area (Å²) in [4.78, 5) is 0. The van der Waals surface area contributed by atoms with Crippen molar-refractivity contribution in [2.45, 2.75) is 12.8 Å². The van der Waals surface area contributed by atoms with Crippen LogP contribution in [0.3, 0.4) is 0 Å². The monoisotopic (exact) mass is 478 g/mol. The zero-order chi connectivity index (χ0) is 19.1. The molecule has 3 nitrogen and oxygen atoms in total. The molecular formula is C24H19IN2O. The summed E-state index contributed by atoms with van der Waals surface area (Å²) in [5.74, 6) is 0.864. The number of aryl methyl sites for hydroxylation is 1. The van der Waals surface area contributed by atoms with Crippen molar-refractivity contribution in [2.75, 3.05) is 7.11 Å². The van der Waals surface area contributed by atoms with Crippen LogP contribution in [-0.2, 0) is 12.8 Å². The zero-order valence-corrected chi connectivity index (χ0v) is 17.7. The molecule has 0 saturated heterocycles. The van der Waals surface area contributed by atoms with Crippen LogP contribution in [0, 0.1) is 3.57 Å².